The van der Waals surface area contributed by atoms with Crippen LogP contribution in [0.3, 0.4) is 0 Å². The number of hydrogen-bond donors (Lipinski definition) is 2. The number of amides is 3. The lowest BCUT2D eigenvalue weighted by molar-refractivity contribution is -0.141. The topological polar surface area (TPSA) is 114 Å². The number of hydrogen-bond acceptors (Lipinski definition) is 6. The lowest BCUT2D eigenvalue weighted by atomic mass is 10.0. The molecule has 188 valence electrons. The van der Waals surface area contributed by atoms with E-state index in [4.69, 9.17) is 9.26 Å². The minimum absolute atomic E-state index is 0.0670. The van der Waals surface area contributed by atoms with Gasteiger partial charge in [-0.2, -0.15) is 0 Å². The van der Waals surface area contributed by atoms with Crippen LogP contribution in [0.4, 0.5) is 5.82 Å². The van der Waals surface area contributed by atoms with Gasteiger partial charge in [-0.15, -0.1) is 6.58 Å². The fourth-order valence-electron chi connectivity index (χ4n) is 4.28. The highest BCUT2D eigenvalue weighted by Gasteiger charge is 2.34. The second-order valence-electron chi connectivity index (χ2n) is 8.57. The van der Waals surface area contributed by atoms with Gasteiger partial charge in [0.2, 0.25) is 17.7 Å². The number of anilines is 1. The predicted octanol–water partition coefficient (Wildman–Crippen LogP) is 3.92. The van der Waals surface area contributed by atoms with Crippen molar-refractivity contribution < 1.29 is 23.6 Å². The Labute approximate surface area is 205 Å². The standard InChI is InChI=1S/C26H34N4O5/c1-4-16-30(24(32)15-14-23(31)28-22-17-18(3)35-29-22)25(26(33)27-19-10-6-7-11-19)20-12-8-9-13-21(20)34-5-2/h4,8-9,12-13,17,19,25H,1,5-7,10-11,14-16H2,2-3H3,(H,27,33)(H,28,29,31)/t25-/m1/s1. The smallest absolute Gasteiger partial charge is 0.247 e. The number of para-hydroxylation sites is 1. The summed E-state index contributed by atoms with van der Waals surface area (Å²) in [5.74, 6) is 0.436. The minimum atomic E-state index is -0.912. The quantitative estimate of drug-likeness (QED) is 0.443. The molecule has 1 fully saturated rings. The SMILES string of the molecule is C=CCN(C(=O)CCC(=O)Nc1cc(C)on1)[C@@H](C(=O)NC1CCCC1)c1ccccc1OCC. The second-order valence-corrected chi connectivity index (χ2v) is 8.57. The molecule has 35 heavy (non-hydrogen) atoms. The average Bonchev–Trinajstić information content (AvgIpc) is 3.50. The van der Waals surface area contributed by atoms with Crippen molar-refractivity contribution in [1.29, 1.82) is 0 Å². The van der Waals surface area contributed by atoms with Crippen molar-refractivity contribution in [3.63, 3.8) is 0 Å². The molecule has 1 saturated carbocycles. The number of carbonyl (C=O) groups is 3. The molecule has 0 spiro atoms. The number of nitrogens with zero attached hydrogens (tertiary/aromatic N) is 2. The molecule has 2 aromatic rings. The van der Waals surface area contributed by atoms with Crippen LogP contribution >= 0.6 is 0 Å². The maximum Gasteiger partial charge on any atom is 0.247 e. The number of rotatable bonds is 12. The molecule has 9 heteroatoms. The first-order valence-electron chi connectivity index (χ1n) is 12.1. The van der Waals surface area contributed by atoms with Gasteiger partial charge in [-0.25, -0.2) is 0 Å². The van der Waals surface area contributed by atoms with E-state index < -0.39 is 6.04 Å². The van der Waals surface area contributed by atoms with Gasteiger partial charge in [-0.3, -0.25) is 14.4 Å². The zero-order valence-corrected chi connectivity index (χ0v) is 20.4. The van der Waals surface area contributed by atoms with E-state index >= 15 is 0 Å². The van der Waals surface area contributed by atoms with Crippen LogP contribution < -0.4 is 15.4 Å². The summed E-state index contributed by atoms with van der Waals surface area (Å²) in [6.07, 6.45) is 5.41. The lowest BCUT2D eigenvalue weighted by Gasteiger charge is -2.32. The molecule has 0 bridgehead atoms. The summed E-state index contributed by atoms with van der Waals surface area (Å²) in [4.78, 5) is 40.8. The van der Waals surface area contributed by atoms with Crippen LogP contribution in [-0.4, -0.2) is 47.0 Å². The van der Waals surface area contributed by atoms with Crippen LogP contribution in [-0.2, 0) is 14.4 Å². The van der Waals surface area contributed by atoms with Crippen molar-refractivity contribution in [2.45, 2.75) is 64.5 Å². The minimum Gasteiger partial charge on any atom is -0.494 e. The Hall–Kier alpha value is -3.62. The molecule has 1 atom stereocenters. The molecule has 1 aliphatic carbocycles. The summed E-state index contributed by atoms with van der Waals surface area (Å²) in [7, 11) is 0. The van der Waals surface area contributed by atoms with E-state index in [2.05, 4.69) is 22.4 Å². The van der Waals surface area contributed by atoms with Crippen molar-refractivity contribution in [3.05, 3.63) is 54.3 Å². The number of aromatic nitrogens is 1. The molecule has 3 rings (SSSR count). The monoisotopic (exact) mass is 482 g/mol. The van der Waals surface area contributed by atoms with Gasteiger partial charge in [0.15, 0.2) is 5.82 Å². The van der Waals surface area contributed by atoms with Gasteiger partial charge in [0.1, 0.15) is 17.6 Å². The predicted molar refractivity (Wildman–Crippen MR) is 132 cm³/mol. The third kappa shape index (κ3) is 7.18. The molecular weight excluding hydrogens is 448 g/mol. The van der Waals surface area contributed by atoms with Crippen molar-refractivity contribution in [3.8, 4) is 5.75 Å². The van der Waals surface area contributed by atoms with Gasteiger partial charge in [-0.1, -0.05) is 42.3 Å². The molecule has 0 saturated heterocycles. The molecule has 2 N–H and O–H groups in total. The number of carbonyl (C=O) groups excluding carboxylic acids is 3. The largest absolute Gasteiger partial charge is 0.494 e. The fraction of sp³-hybridized carbons (Fsp3) is 0.462. The maximum absolute atomic E-state index is 13.6. The molecule has 0 unspecified atom stereocenters. The van der Waals surface area contributed by atoms with Crippen molar-refractivity contribution >= 4 is 23.5 Å². The average molecular weight is 483 g/mol. The van der Waals surface area contributed by atoms with Crippen molar-refractivity contribution in [2.75, 3.05) is 18.5 Å². The number of aryl methyl sites for hydroxylation is 1. The third-order valence-corrected chi connectivity index (χ3v) is 5.88. The summed E-state index contributed by atoms with van der Waals surface area (Å²) >= 11 is 0. The summed E-state index contributed by atoms with van der Waals surface area (Å²) in [5, 5.41) is 9.46. The fourth-order valence-corrected chi connectivity index (χ4v) is 4.28. The van der Waals surface area contributed by atoms with E-state index in [0.29, 0.717) is 29.5 Å². The van der Waals surface area contributed by atoms with Gasteiger partial charge in [0.25, 0.3) is 0 Å². The first-order valence-corrected chi connectivity index (χ1v) is 12.1. The summed E-state index contributed by atoms with van der Waals surface area (Å²) in [6.45, 7) is 7.93. The van der Waals surface area contributed by atoms with E-state index in [1.54, 1.807) is 31.2 Å². The van der Waals surface area contributed by atoms with Crippen LogP contribution in [0.2, 0.25) is 0 Å². The van der Waals surface area contributed by atoms with Crippen molar-refractivity contribution in [2.24, 2.45) is 0 Å². The van der Waals surface area contributed by atoms with E-state index in [0.717, 1.165) is 25.7 Å². The van der Waals surface area contributed by atoms with E-state index in [1.807, 2.05) is 19.1 Å². The second kappa shape index (κ2) is 12.7. The molecule has 9 nitrogen and oxygen atoms in total. The molecular formula is C26H34N4O5. The maximum atomic E-state index is 13.6. The Morgan fingerprint density at radius 2 is 2.00 bits per heavy atom. The Kier molecular flexibility index (Phi) is 9.46. The lowest BCUT2D eigenvalue weighted by Crippen LogP contribution is -2.46. The highest BCUT2D eigenvalue weighted by atomic mass is 16.5. The van der Waals surface area contributed by atoms with Gasteiger partial charge in [0, 0.05) is 37.1 Å². The van der Waals surface area contributed by atoms with Gasteiger partial charge >= 0.3 is 0 Å². The zero-order valence-electron chi connectivity index (χ0n) is 20.4. The van der Waals surface area contributed by atoms with E-state index in [-0.39, 0.29) is 43.1 Å². The molecule has 0 radical (unpaired) electrons. The summed E-state index contributed by atoms with van der Waals surface area (Å²) in [5.41, 5.74) is 0.600. The number of nitrogens with one attached hydrogen (secondary N) is 2. The van der Waals surface area contributed by atoms with Gasteiger partial charge in [-0.05, 0) is 32.8 Å². The van der Waals surface area contributed by atoms with Gasteiger partial charge in [0.05, 0.1) is 6.61 Å². The molecule has 1 aliphatic rings. The van der Waals surface area contributed by atoms with Crippen LogP contribution in [0, 0.1) is 6.92 Å². The Morgan fingerprint density at radius 1 is 1.26 bits per heavy atom. The number of ether oxygens (including phenoxy) is 1. The Bertz CT molecular complexity index is 1030. The normalized spacial score (nSPS) is 14.2. The summed E-state index contributed by atoms with van der Waals surface area (Å²) in [6, 6.07) is 8.00. The first-order chi connectivity index (χ1) is 16.9. The van der Waals surface area contributed by atoms with Crippen LogP contribution in [0.1, 0.15) is 62.8 Å². The van der Waals surface area contributed by atoms with E-state index in [1.165, 1.54) is 4.90 Å². The van der Waals surface area contributed by atoms with Crippen LogP contribution in [0.15, 0.2) is 47.5 Å². The Morgan fingerprint density at radius 3 is 2.66 bits per heavy atom. The van der Waals surface area contributed by atoms with Crippen molar-refractivity contribution in [1.82, 2.24) is 15.4 Å². The third-order valence-electron chi connectivity index (χ3n) is 5.88. The number of benzene rings is 1. The van der Waals surface area contributed by atoms with Crippen LogP contribution in [0.25, 0.3) is 0 Å². The van der Waals surface area contributed by atoms with Gasteiger partial charge < -0.3 is 24.8 Å². The molecule has 1 aromatic carbocycles. The summed E-state index contributed by atoms with van der Waals surface area (Å²) < 4.78 is 10.7. The molecule has 1 heterocycles. The molecule has 3 amide bonds. The highest BCUT2D eigenvalue weighted by Crippen LogP contribution is 2.31. The first kappa shape index (κ1) is 26.0. The highest BCUT2D eigenvalue weighted by molar-refractivity contribution is 5.94. The Balaban J connectivity index is 1.81. The molecule has 0 aliphatic heterocycles. The van der Waals surface area contributed by atoms with E-state index in [9.17, 15) is 14.4 Å². The van der Waals surface area contributed by atoms with Crippen LogP contribution in [0.5, 0.6) is 5.75 Å². The zero-order chi connectivity index (χ0) is 25.2. The molecule has 1 aromatic heterocycles.